The molecule has 7 nitrogen and oxygen atoms in total. The zero-order valence-electron chi connectivity index (χ0n) is 16.0. The number of anilines is 1. The van der Waals surface area contributed by atoms with E-state index in [1.807, 2.05) is 42.1 Å². The lowest BCUT2D eigenvalue weighted by atomic mass is 9.99. The number of benzene rings is 1. The van der Waals surface area contributed by atoms with Gasteiger partial charge < -0.3 is 15.1 Å². The minimum atomic E-state index is -0.116. The Bertz CT molecular complexity index is 799. The van der Waals surface area contributed by atoms with Crippen molar-refractivity contribution in [2.24, 2.45) is 0 Å². The number of nitrogens with zero attached hydrogens (tertiary/aromatic N) is 3. The molecule has 0 saturated heterocycles. The Hall–Kier alpha value is -2.67. The molecule has 2 N–H and O–H groups in total. The van der Waals surface area contributed by atoms with E-state index in [1.165, 1.54) is 11.1 Å². The molecule has 0 unspecified atom stereocenters. The summed E-state index contributed by atoms with van der Waals surface area (Å²) >= 11 is 0. The van der Waals surface area contributed by atoms with Gasteiger partial charge in [-0.3, -0.25) is 14.7 Å². The van der Waals surface area contributed by atoms with E-state index in [0.29, 0.717) is 31.6 Å². The lowest BCUT2D eigenvalue weighted by molar-refractivity contribution is -0.132. The van der Waals surface area contributed by atoms with Gasteiger partial charge in [0.2, 0.25) is 11.8 Å². The minimum absolute atomic E-state index is 0.116. The standard InChI is InChI=1S/C20H27N5O2/c1-24(2)14-17-12-18(23-22-17)21-19(26)8-5-9-20(27)25-11-10-15-6-3-4-7-16(15)13-25/h3-4,6-7,12H,5,8-11,13-14H2,1-2H3,(H2,21,22,23,26). The van der Waals surface area contributed by atoms with Gasteiger partial charge in [0, 0.05) is 38.5 Å². The number of fused-ring (bicyclic) bond motifs is 1. The molecule has 0 bridgehead atoms. The van der Waals surface area contributed by atoms with Gasteiger partial charge in [0.05, 0.1) is 5.69 Å². The second-order valence-electron chi connectivity index (χ2n) is 7.25. The lowest BCUT2D eigenvalue weighted by Gasteiger charge is -2.29. The summed E-state index contributed by atoms with van der Waals surface area (Å²) in [5.74, 6) is 0.524. The van der Waals surface area contributed by atoms with E-state index in [4.69, 9.17) is 0 Å². The van der Waals surface area contributed by atoms with Gasteiger partial charge in [-0.05, 0) is 38.1 Å². The number of aromatic amines is 1. The Morgan fingerprint density at radius 2 is 2.00 bits per heavy atom. The quantitative estimate of drug-likeness (QED) is 0.784. The molecule has 1 aromatic carbocycles. The second kappa shape index (κ2) is 8.81. The first-order valence-electron chi connectivity index (χ1n) is 9.34. The van der Waals surface area contributed by atoms with Crippen LogP contribution in [0.2, 0.25) is 0 Å². The molecule has 1 aliphatic heterocycles. The maximum absolute atomic E-state index is 12.4. The molecular formula is C20H27N5O2. The maximum Gasteiger partial charge on any atom is 0.225 e. The Morgan fingerprint density at radius 1 is 1.22 bits per heavy atom. The highest BCUT2D eigenvalue weighted by molar-refractivity contribution is 5.90. The van der Waals surface area contributed by atoms with Crippen LogP contribution in [0.1, 0.15) is 36.1 Å². The smallest absolute Gasteiger partial charge is 0.225 e. The van der Waals surface area contributed by atoms with E-state index < -0.39 is 0 Å². The van der Waals surface area contributed by atoms with Crippen molar-refractivity contribution in [1.82, 2.24) is 20.0 Å². The fourth-order valence-corrected chi connectivity index (χ4v) is 3.32. The molecule has 0 fully saturated rings. The Morgan fingerprint density at radius 3 is 2.78 bits per heavy atom. The molecule has 2 amide bonds. The van der Waals surface area contributed by atoms with Gasteiger partial charge in [0.1, 0.15) is 0 Å². The van der Waals surface area contributed by atoms with E-state index in [1.54, 1.807) is 0 Å². The third kappa shape index (κ3) is 5.40. The van der Waals surface area contributed by atoms with Crippen LogP contribution in [0, 0.1) is 0 Å². The van der Waals surface area contributed by atoms with E-state index in [0.717, 1.165) is 25.2 Å². The molecule has 2 aromatic rings. The first-order chi connectivity index (χ1) is 13.0. The molecule has 7 heteroatoms. The highest BCUT2D eigenvalue weighted by Crippen LogP contribution is 2.19. The summed E-state index contributed by atoms with van der Waals surface area (Å²) in [4.78, 5) is 28.4. The topological polar surface area (TPSA) is 81.3 Å². The normalized spacial score (nSPS) is 13.5. The zero-order chi connectivity index (χ0) is 19.2. The van der Waals surface area contributed by atoms with Gasteiger partial charge in [0.25, 0.3) is 0 Å². The molecule has 0 spiro atoms. The number of carbonyl (C=O) groups excluding carboxylic acids is 2. The monoisotopic (exact) mass is 369 g/mol. The van der Waals surface area contributed by atoms with Gasteiger partial charge in [-0.2, -0.15) is 5.10 Å². The number of nitrogens with one attached hydrogen (secondary N) is 2. The van der Waals surface area contributed by atoms with Gasteiger partial charge >= 0.3 is 0 Å². The molecule has 2 heterocycles. The third-order valence-electron chi connectivity index (χ3n) is 4.66. The van der Waals surface area contributed by atoms with E-state index in [9.17, 15) is 9.59 Å². The second-order valence-corrected chi connectivity index (χ2v) is 7.25. The summed E-state index contributed by atoms with van der Waals surface area (Å²) in [7, 11) is 3.94. The summed E-state index contributed by atoms with van der Waals surface area (Å²) in [5.41, 5.74) is 3.49. The highest BCUT2D eigenvalue weighted by Gasteiger charge is 2.20. The molecule has 1 aliphatic rings. The van der Waals surface area contributed by atoms with Crippen molar-refractivity contribution in [3.8, 4) is 0 Å². The summed E-state index contributed by atoms with van der Waals surface area (Å²) in [5, 5.41) is 9.77. The first kappa shape index (κ1) is 19.1. The average Bonchev–Trinajstić information content (AvgIpc) is 3.07. The first-order valence-corrected chi connectivity index (χ1v) is 9.34. The third-order valence-corrected chi connectivity index (χ3v) is 4.66. The fraction of sp³-hybridized carbons (Fsp3) is 0.450. The Balaban J connectivity index is 1.40. The molecular weight excluding hydrogens is 342 g/mol. The van der Waals surface area contributed by atoms with Crippen molar-refractivity contribution in [3.05, 3.63) is 47.2 Å². The van der Waals surface area contributed by atoms with Crippen molar-refractivity contribution < 1.29 is 9.59 Å². The van der Waals surface area contributed by atoms with Gasteiger partial charge in [0.15, 0.2) is 5.82 Å². The predicted octanol–water partition coefficient (Wildman–Crippen LogP) is 2.16. The molecule has 27 heavy (non-hydrogen) atoms. The summed E-state index contributed by atoms with van der Waals surface area (Å²) < 4.78 is 0. The number of H-pyrrole nitrogens is 1. The fourth-order valence-electron chi connectivity index (χ4n) is 3.32. The molecule has 0 radical (unpaired) electrons. The molecule has 0 saturated carbocycles. The van der Waals surface area contributed by atoms with Crippen LogP contribution in [-0.4, -0.2) is 52.5 Å². The molecule has 0 aliphatic carbocycles. The van der Waals surface area contributed by atoms with Crippen LogP contribution in [0.15, 0.2) is 30.3 Å². The lowest BCUT2D eigenvalue weighted by Crippen LogP contribution is -2.35. The van der Waals surface area contributed by atoms with Crippen LogP contribution in [0.5, 0.6) is 0 Å². The van der Waals surface area contributed by atoms with E-state index >= 15 is 0 Å². The summed E-state index contributed by atoms with van der Waals surface area (Å²) in [6.45, 7) is 2.16. The SMILES string of the molecule is CN(C)Cc1cc(NC(=O)CCCC(=O)N2CCc3ccccc3C2)n[nH]1. The van der Waals surface area contributed by atoms with Crippen molar-refractivity contribution >= 4 is 17.6 Å². The molecule has 3 rings (SSSR count). The highest BCUT2D eigenvalue weighted by atomic mass is 16.2. The number of rotatable bonds is 7. The molecule has 0 atom stereocenters. The molecule has 144 valence electrons. The van der Waals surface area contributed by atoms with E-state index in [-0.39, 0.29) is 11.8 Å². The van der Waals surface area contributed by atoms with Crippen LogP contribution in [0.3, 0.4) is 0 Å². The Labute approximate surface area is 159 Å². The van der Waals surface area contributed by atoms with Crippen LogP contribution >= 0.6 is 0 Å². The number of hydrogen-bond acceptors (Lipinski definition) is 4. The van der Waals surface area contributed by atoms with Crippen molar-refractivity contribution in [1.29, 1.82) is 0 Å². The maximum atomic E-state index is 12.4. The summed E-state index contributed by atoms with van der Waals surface area (Å²) in [6, 6.07) is 10.1. The average molecular weight is 369 g/mol. The number of carbonyl (C=O) groups is 2. The minimum Gasteiger partial charge on any atom is -0.338 e. The van der Waals surface area contributed by atoms with Crippen LogP contribution in [-0.2, 0) is 29.1 Å². The largest absolute Gasteiger partial charge is 0.338 e. The Kier molecular flexibility index (Phi) is 6.24. The van der Waals surface area contributed by atoms with Crippen molar-refractivity contribution in [2.75, 3.05) is 26.0 Å². The van der Waals surface area contributed by atoms with Gasteiger partial charge in [-0.25, -0.2) is 0 Å². The zero-order valence-corrected chi connectivity index (χ0v) is 16.0. The molecule has 1 aromatic heterocycles. The van der Waals surface area contributed by atoms with Gasteiger partial charge in [-0.15, -0.1) is 0 Å². The predicted molar refractivity (Wildman–Crippen MR) is 104 cm³/mol. The number of hydrogen-bond donors (Lipinski definition) is 2. The number of aromatic nitrogens is 2. The van der Waals surface area contributed by atoms with Crippen LogP contribution < -0.4 is 5.32 Å². The summed E-state index contributed by atoms with van der Waals surface area (Å²) in [6.07, 6.45) is 2.14. The van der Waals surface area contributed by atoms with Crippen molar-refractivity contribution in [3.63, 3.8) is 0 Å². The van der Waals surface area contributed by atoms with Crippen LogP contribution in [0.25, 0.3) is 0 Å². The van der Waals surface area contributed by atoms with Crippen LogP contribution in [0.4, 0.5) is 5.82 Å². The number of amides is 2. The van der Waals surface area contributed by atoms with Gasteiger partial charge in [-0.1, -0.05) is 24.3 Å². The van der Waals surface area contributed by atoms with E-state index in [2.05, 4.69) is 27.6 Å². The van der Waals surface area contributed by atoms with Crippen molar-refractivity contribution in [2.45, 2.75) is 38.8 Å².